The molecular weight excluding hydrogens is 306 g/mol. The van der Waals surface area contributed by atoms with Crippen LogP contribution >= 0.6 is 0 Å². The van der Waals surface area contributed by atoms with Crippen LogP contribution in [0.1, 0.15) is 18.9 Å². The van der Waals surface area contributed by atoms with Gasteiger partial charge >= 0.3 is 5.69 Å². The van der Waals surface area contributed by atoms with Gasteiger partial charge in [-0.1, -0.05) is 6.92 Å². The van der Waals surface area contributed by atoms with Crippen LogP contribution in [-0.4, -0.2) is 44.6 Å². The Morgan fingerprint density at radius 2 is 2.04 bits per heavy atom. The number of carbonyl (C=O) groups excluding carboxylic acids is 1. The van der Waals surface area contributed by atoms with E-state index in [0.717, 1.165) is 12.1 Å². The molecule has 0 aliphatic heterocycles. The highest BCUT2D eigenvalue weighted by Crippen LogP contribution is 2.38. The van der Waals surface area contributed by atoms with E-state index >= 15 is 0 Å². The van der Waals surface area contributed by atoms with E-state index in [4.69, 9.17) is 5.26 Å². The van der Waals surface area contributed by atoms with E-state index in [9.17, 15) is 30.2 Å². The Bertz CT molecular complexity index is 720. The molecule has 0 fully saturated rings. The van der Waals surface area contributed by atoms with E-state index in [1.807, 2.05) is 6.92 Å². The van der Waals surface area contributed by atoms with Gasteiger partial charge in [0.15, 0.2) is 11.3 Å². The van der Waals surface area contributed by atoms with Crippen molar-refractivity contribution in [3.05, 3.63) is 33.4 Å². The number of nitrogens with zero attached hydrogens (tertiary/aromatic N) is 3. The zero-order valence-electron chi connectivity index (χ0n) is 12.5. The molecule has 23 heavy (non-hydrogen) atoms. The summed E-state index contributed by atoms with van der Waals surface area (Å²) in [6.07, 6.45) is 0.632. The number of aromatic hydroxyl groups is 2. The van der Waals surface area contributed by atoms with Gasteiger partial charge in [0.25, 0.3) is 5.91 Å². The number of benzene rings is 1. The van der Waals surface area contributed by atoms with Crippen molar-refractivity contribution in [3.63, 3.8) is 0 Å². The molecule has 0 atom stereocenters. The second-order valence-corrected chi connectivity index (χ2v) is 4.68. The van der Waals surface area contributed by atoms with E-state index < -0.39 is 39.3 Å². The molecule has 1 amide bonds. The summed E-state index contributed by atoms with van der Waals surface area (Å²) in [6, 6.07) is 3.13. The van der Waals surface area contributed by atoms with E-state index in [-0.39, 0.29) is 5.56 Å². The Labute approximate surface area is 131 Å². The number of phenolic OH excluding ortho intramolecular Hbond substituents is 2. The predicted molar refractivity (Wildman–Crippen MR) is 79.5 cm³/mol. The Balaban J connectivity index is 3.46. The van der Waals surface area contributed by atoms with Gasteiger partial charge in [-0.25, -0.2) is 0 Å². The zero-order chi connectivity index (χ0) is 17.7. The maximum Gasteiger partial charge on any atom is 0.315 e. The number of rotatable bonds is 5. The standard InChI is InChI=1S/C14H15N3O6/c1-3-4-16(2)14(21)9(7-15)12(19)8-5-10(17(22)23)13(20)11(18)6-8/h5-6,18-20H,3-4H2,1-2H3/b12-9-. The fourth-order valence-electron chi connectivity index (χ4n) is 1.85. The fourth-order valence-corrected chi connectivity index (χ4v) is 1.85. The molecule has 0 spiro atoms. The lowest BCUT2D eigenvalue weighted by molar-refractivity contribution is -0.386. The average Bonchev–Trinajstić information content (AvgIpc) is 2.50. The van der Waals surface area contributed by atoms with Crippen LogP contribution < -0.4 is 0 Å². The molecule has 0 aliphatic carbocycles. The SMILES string of the molecule is CCCN(C)C(=O)/C(C#N)=C(\O)c1cc(O)c(O)c([N+](=O)[O-])c1. The zero-order valence-corrected chi connectivity index (χ0v) is 12.5. The second-order valence-electron chi connectivity index (χ2n) is 4.68. The smallest absolute Gasteiger partial charge is 0.315 e. The highest BCUT2D eigenvalue weighted by atomic mass is 16.6. The normalized spacial score (nSPS) is 11.3. The Morgan fingerprint density at radius 3 is 2.52 bits per heavy atom. The van der Waals surface area contributed by atoms with Crippen LogP contribution in [0.25, 0.3) is 5.76 Å². The predicted octanol–water partition coefficient (Wildman–Crippen LogP) is 1.67. The third-order valence-corrected chi connectivity index (χ3v) is 3.01. The number of nitro benzene ring substituents is 1. The van der Waals surface area contributed by atoms with Crippen LogP contribution in [0.3, 0.4) is 0 Å². The summed E-state index contributed by atoms with van der Waals surface area (Å²) in [4.78, 5) is 23.1. The highest BCUT2D eigenvalue weighted by molar-refractivity contribution is 6.03. The molecule has 122 valence electrons. The maximum atomic E-state index is 12.1. The van der Waals surface area contributed by atoms with Crippen molar-refractivity contribution < 1.29 is 25.0 Å². The number of carbonyl (C=O) groups is 1. The molecule has 0 heterocycles. The van der Waals surface area contributed by atoms with Crippen LogP contribution in [0.15, 0.2) is 17.7 Å². The van der Waals surface area contributed by atoms with Gasteiger partial charge in [-0.05, 0) is 12.5 Å². The van der Waals surface area contributed by atoms with Crippen molar-refractivity contribution in [1.82, 2.24) is 4.90 Å². The number of aliphatic hydroxyl groups is 1. The first-order valence-electron chi connectivity index (χ1n) is 6.54. The number of hydrogen-bond acceptors (Lipinski definition) is 7. The molecular formula is C14H15N3O6. The van der Waals surface area contributed by atoms with E-state index in [1.165, 1.54) is 11.9 Å². The van der Waals surface area contributed by atoms with E-state index in [0.29, 0.717) is 13.0 Å². The molecule has 0 saturated carbocycles. The van der Waals surface area contributed by atoms with Gasteiger partial charge in [-0.15, -0.1) is 0 Å². The van der Waals surface area contributed by atoms with Crippen LogP contribution in [0.2, 0.25) is 0 Å². The minimum atomic E-state index is -0.973. The minimum Gasteiger partial charge on any atom is -0.506 e. The lowest BCUT2D eigenvalue weighted by Crippen LogP contribution is -2.29. The van der Waals surface area contributed by atoms with Crippen molar-refractivity contribution in [2.75, 3.05) is 13.6 Å². The van der Waals surface area contributed by atoms with Gasteiger partial charge in [0, 0.05) is 25.2 Å². The van der Waals surface area contributed by atoms with Crippen LogP contribution in [0, 0.1) is 21.4 Å². The van der Waals surface area contributed by atoms with Gasteiger partial charge < -0.3 is 20.2 Å². The van der Waals surface area contributed by atoms with Gasteiger partial charge in [0.05, 0.1) is 4.92 Å². The molecule has 1 aromatic rings. The van der Waals surface area contributed by atoms with Gasteiger partial charge in [-0.3, -0.25) is 14.9 Å². The quantitative estimate of drug-likeness (QED) is 0.186. The molecule has 9 heteroatoms. The number of phenols is 2. The Morgan fingerprint density at radius 1 is 1.43 bits per heavy atom. The fraction of sp³-hybridized carbons (Fsp3) is 0.286. The first-order valence-corrected chi connectivity index (χ1v) is 6.54. The second kappa shape index (κ2) is 7.13. The number of aliphatic hydroxyl groups excluding tert-OH is 1. The Hall–Kier alpha value is -3.28. The summed E-state index contributed by atoms with van der Waals surface area (Å²) in [6.45, 7) is 2.17. The lowest BCUT2D eigenvalue weighted by atomic mass is 10.1. The summed E-state index contributed by atoms with van der Waals surface area (Å²) in [5, 5.41) is 48.9. The molecule has 9 nitrogen and oxygen atoms in total. The number of nitro groups is 1. The first-order chi connectivity index (χ1) is 10.7. The number of amides is 1. The molecule has 1 rings (SSSR count). The Kier molecular flexibility index (Phi) is 5.51. The monoisotopic (exact) mass is 321 g/mol. The van der Waals surface area contributed by atoms with Crippen LogP contribution in [0.5, 0.6) is 11.5 Å². The van der Waals surface area contributed by atoms with E-state index in [2.05, 4.69) is 0 Å². The minimum absolute atomic E-state index is 0.332. The van der Waals surface area contributed by atoms with Gasteiger partial charge in [-0.2, -0.15) is 5.26 Å². The third-order valence-electron chi connectivity index (χ3n) is 3.01. The van der Waals surface area contributed by atoms with Crippen molar-refractivity contribution in [2.45, 2.75) is 13.3 Å². The average molecular weight is 321 g/mol. The summed E-state index contributed by atoms with van der Waals surface area (Å²) in [7, 11) is 1.44. The molecule has 3 N–H and O–H groups in total. The van der Waals surface area contributed by atoms with Crippen LogP contribution in [-0.2, 0) is 4.79 Å². The first kappa shape index (κ1) is 17.8. The molecule has 0 bridgehead atoms. The molecule has 0 aliphatic rings. The molecule has 1 aromatic carbocycles. The highest BCUT2D eigenvalue weighted by Gasteiger charge is 2.24. The lowest BCUT2D eigenvalue weighted by Gasteiger charge is -2.16. The number of hydrogen-bond donors (Lipinski definition) is 3. The molecule has 0 radical (unpaired) electrons. The van der Waals surface area contributed by atoms with Crippen molar-refractivity contribution in [2.24, 2.45) is 0 Å². The van der Waals surface area contributed by atoms with E-state index in [1.54, 1.807) is 6.07 Å². The summed E-state index contributed by atoms with van der Waals surface area (Å²) < 4.78 is 0. The summed E-state index contributed by atoms with van der Waals surface area (Å²) in [5.74, 6) is -3.41. The van der Waals surface area contributed by atoms with Crippen LogP contribution in [0.4, 0.5) is 5.69 Å². The van der Waals surface area contributed by atoms with Gasteiger partial charge in [0.1, 0.15) is 11.8 Å². The third kappa shape index (κ3) is 3.68. The molecule has 0 unspecified atom stereocenters. The molecule has 0 aromatic heterocycles. The van der Waals surface area contributed by atoms with Crippen molar-refractivity contribution in [3.8, 4) is 17.6 Å². The topological polar surface area (TPSA) is 148 Å². The summed E-state index contributed by atoms with van der Waals surface area (Å²) in [5.41, 5.74) is -1.82. The maximum absolute atomic E-state index is 12.1. The summed E-state index contributed by atoms with van der Waals surface area (Å²) >= 11 is 0. The largest absolute Gasteiger partial charge is 0.506 e. The number of nitriles is 1. The molecule has 0 saturated heterocycles. The van der Waals surface area contributed by atoms with Crippen molar-refractivity contribution >= 4 is 17.4 Å². The van der Waals surface area contributed by atoms with Gasteiger partial charge in [0.2, 0.25) is 5.75 Å². The van der Waals surface area contributed by atoms with Crippen molar-refractivity contribution in [1.29, 1.82) is 5.26 Å². The number of likely N-dealkylation sites (N-methyl/N-ethyl adjacent to an activating group) is 1.